The molecule has 0 amide bonds. The Morgan fingerprint density at radius 3 is 2.40 bits per heavy atom. The quantitative estimate of drug-likeness (QED) is 0.533. The lowest BCUT2D eigenvalue weighted by molar-refractivity contribution is -0.145. The van der Waals surface area contributed by atoms with Gasteiger partial charge >= 0.3 is 6.18 Å². The summed E-state index contributed by atoms with van der Waals surface area (Å²) in [6.45, 7) is -0.715. The molecule has 0 aliphatic rings. The van der Waals surface area contributed by atoms with Gasteiger partial charge in [0.15, 0.2) is 0 Å². The first-order chi connectivity index (χ1) is 4.48. The molecule has 0 heterocycles. The van der Waals surface area contributed by atoms with Crippen LogP contribution in [0.2, 0.25) is 0 Å². The fraction of sp³-hybridized carbons (Fsp3) is 0.750. The summed E-state index contributed by atoms with van der Waals surface area (Å²) in [4.78, 5) is 7.65. The molecule has 2 nitrogen and oxygen atoms in total. The van der Waals surface area contributed by atoms with E-state index in [1.165, 1.54) is 0 Å². The summed E-state index contributed by atoms with van der Waals surface area (Å²) in [7, 11) is 0. The number of halogens is 4. The van der Waals surface area contributed by atoms with E-state index in [4.69, 9.17) is 0 Å². The molecular weight excluding hydrogens is 217 g/mol. The van der Waals surface area contributed by atoms with Gasteiger partial charge in [-0.05, 0) is 0 Å². The van der Waals surface area contributed by atoms with Crippen LogP contribution in [0.5, 0.6) is 0 Å². The number of alkyl halides is 4. The summed E-state index contributed by atoms with van der Waals surface area (Å²) in [5.74, 6) is 0. The van der Waals surface area contributed by atoms with Gasteiger partial charge in [-0.15, -0.1) is 0 Å². The highest BCUT2D eigenvalue weighted by Crippen LogP contribution is 2.25. The van der Waals surface area contributed by atoms with Gasteiger partial charge in [0, 0.05) is 0 Å². The average Bonchev–Trinajstić information content (AvgIpc) is 1.80. The molecule has 0 saturated carbocycles. The molecule has 1 unspecified atom stereocenters. The highest BCUT2D eigenvalue weighted by atomic mass is 79.9. The molecule has 0 radical (unpaired) electrons. The Balaban J connectivity index is 3.61. The molecule has 0 aliphatic carbocycles. The molecule has 1 atom stereocenters. The van der Waals surface area contributed by atoms with Crippen LogP contribution in [0.3, 0.4) is 0 Å². The predicted octanol–water partition coefficient (Wildman–Crippen LogP) is 1.49. The van der Waals surface area contributed by atoms with Crippen molar-refractivity contribution in [3.8, 4) is 0 Å². The molecule has 0 aromatic carbocycles. The molecule has 0 aromatic rings. The summed E-state index contributed by atoms with van der Waals surface area (Å²) in [6, 6.07) is 0. The molecule has 0 bridgehead atoms. The van der Waals surface area contributed by atoms with Gasteiger partial charge in [0.2, 0.25) is 0 Å². The largest absolute Gasteiger partial charge is 0.466 e. The van der Waals surface area contributed by atoms with E-state index in [1.807, 2.05) is 0 Å². The Morgan fingerprint density at radius 2 is 2.10 bits per heavy atom. The standard InChI is InChI=1S/C4H4BrF3O2/c5-3(1-10-2-9)4(6,7)8/h2-3H,1H2. The van der Waals surface area contributed by atoms with Crippen molar-refractivity contribution in [1.29, 1.82) is 0 Å². The first-order valence-corrected chi connectivity index (χ1v) is 3.16. The van der Waals surface area contributed by atoms with Crippen LogP contribution in [0.15, 0.2) is 0 Å². The lowest BCUT2D eigenvalue weighted by Crippen LogP contribution is -2.27. The topological polar surface area (TPSA) is 26.3 Å². The highest BCUT2D eigenvalue weighted by Gasteiger charge is 2.37. The zero-order valence-corrected chi connectivity index (χ0v) is 6.28. The predicted molar refractivity (Wildman–Crippen MR) is 30.8 cm³/mol. The van der Waals surface area contributed by atoms with Gasteiger partial charge in [0.25, 0.3) is 6.47 Å². The average molecular weight is 221 g/mol. The summed E-state index contributed by atoms with van der Waals surface area (Å²) in [6.07, 6.45) is -4.36. The van der Waals surface area contributed by atoms with Crippen LogP contribution >= 0.6 is 15.9 Å². The molecule has 0 N–H and O–H groups in total. The summed E-state index contributed by atoms with van der Waals surface area (Å²) < 4.78 is 38.5. The lowest BCUT2D eigenvalue weighted by Gasteiger charge is -2.11. The minimum Gasteiger partial charge on any atom is -0.466 e. The Labute approximate surface area is 63.5 Å². The summed E-state index contributed by atoms with van der Waals surface area (Å²) in [5, 5.41) is 0. The molecule has 6 heteroatoms. The van der Waals surface area contributed by atoms with E-state index in [0.29, 0.717) is 0 Å². The SMILES string of the molecule is O=COCC(Br)C(F)(F)F. The number of ether oxygens (including phenoxy) is 1. The Morgan fingerprint density at radius 1 is 1.60 bits per heavy atom. The fourth-order valence-corrected chi connectivity index (χ4v) is 0.371. The Kier molecular flexibility index (Phi) is 3.70. The van der Waals surface area contributed by atoms with Crippen molar-refractivity contribution in [2.24, 2.45) is 0 Å². The van der Waals surface area contributed by atoms with Crippen molar-refractivity contribution in [2.45, 2.75) is 11.0 Å². The van der Waals surface area contributed by atoms with E-state index < -0.39 is 17.6 Å². The normalized spacial score (nSPS) is 14.4. The minimum atomic E-state index is -4.36. The molecule has 0 aliphatic heterocycles. The van der Waals surface area contributed by atoms with Crippen molar-refractivity contribution < 1.29 is 22.7 Å². The smallest absolute Gasteiger partial charge is 0.404 e. The summed E-state index contributed by atoms with van der Waals surface area (Å²) in [5.41, 5.74) is 0. The van der Waals surface area contributed by atoms with Crippen LogP contribution in [0.4, 0.5) is 13.2 Å². The number of hydrogen-bond donors (Lipinski definition) is 0. The van der Waals surface area contributed by atoms with Gasteiger partial charge in [0.05, 0.1) is 0 Å². The van der Waals surface area contributed by atoms with E-state index in [0.717, 1.165) is 0 Å². The third-order valence-electron chi connectivity index (χ3n) is 0.666. The van der Waals surface area contributed by atoms with Gasteiger partial charge < -0.3 is 4.74 Å². The number of carbonyl (C=O) groups is 1. The number of rotatable bonds is 3. The van der Waals surface area contributed by atoms with Gasteiger partial charge in [-0.2, -0.15) is 13.2 Å². The van der Waals surface area contributed by atoms with Crippen molar-refractivity contribution in [2.75, 3.05) is 6.61 Å². The van der Waals surface area contributed by atoms with Crippen LogP contribution in [-0.4, -0.2) is 24.1 Å². The first-order valence-electron chi connectivity index (χ1n) is 2.24. The molecular formula is C4H4BrF3O2. The summed E-state index contributed by atoms with van der Waals surface area (Å²) >= 11 is 2.29. The number of hydrogen-bond acceptors (Lipinski definition) is 2. The van der Waals surface area contributed by atoms with Gasteiger partial charge in [-0.3, -0.25) is 4.79 Å². The lowest BCUT2D eigenvalue weighted by atomic mass is 10.4. The van der Waals surface area contributed by atoms with Crippen molar-refractivity contribution in [3.05, 3.63) is 0 Å². The monoisotopic (exact) mass is 220 g/mol. The molecule has 10 heavy (non-hydrogen) atoms. The first kappa shape index (κ1) is 9.74. The third-order valence-corrected chi connectivity index (χ3v) is 1.45. The Bertz CT molecular complexity index is 114. The second kappa shape index (κ2) is 3.80. The highest BCUT2D eigenvalue weighted by molar-refractivity contribution is 9.09. The van der Waals surface area contributed by atoms with Crippen LogP contribution < -0.4 is 0 Å². The van der Waals surface area contributed by atoms with Gasteiger partial charge in [-0.25, -0.2) is 0 Å². The molecule has 0 fully saturated rings. The molecule has 0 aromatic heterocycles. The zero-order chi connectivity index (χ0) is 8.20. The van der Waals surface area contributed by atoms with Crippen molar-refractivity contribution >= 4 is 22.4 Å². The Hall–Kier alpha value is -0.260. The fourth-order valence-electron chi connectivity index (χ4n) is 0.218. The zero-order valence-electron chi connectivity index (χ0n) is 4.69. The van der Waals surface area contributed by atoms with Crippen LogP contribution in [0.1, 0.15) is 0 Å². The van der Waals surface area contributed by atoms with Crippen LogP contribution in [-0.2, 0) is 9.53 Å². The second-order valence-corrected chi connectivity index (χ2v) is 2.54. The molecule has 60 valence electrons. The maximum atomic E-state index is 11.5. The van der Waals surface area contributed by atoms with Crippen molar-refractivity contribution in [1.82, 2.24) is 0 Å². The van der Waals surface area contributed by atoms with E-state index in [9.17, 15) is 18.0 Å². The van der Waals surface area contributed by atoms with E-state index in [-0.39, 0.29) is 6.47 Å². The minimum absolute atomic E-state index is 0.0278. The van der Waals surface area contributed by atoms with E-state index in [2.05, 4.69) is 20.7 Å². The molecule has 0 rings (SSSR count). The van der Waals surface area contributed by atoms with E-state index in [1.54, 1.807) is 0 Å². The van der Waals surface area contributed by atoms with E-state index >= 15 is 0 Å². The maximum absolute atomic E-state index is 11.5. The van der Waals surface area contributed by atoms with Gasteiger partial charge in [-0.1, -0.05) is 15.9 Å². The molecule has 0 spiro atoms. The molecule has 0 saturated heterocycles. The number of carbonyl (C=O) groups excluding carboxylic acids is 1. The maximum Gasteiger partial charge on any atom is 0.404 e. The second-order valence-electron chi connectivity index (χ2n) is 1.44. The van der Waals surface area contributed by atoms with Gasteiger partial charge in [0.1, 0.15) is 11.4 Å². The van der Waals surface area contributed by atoms with Crippen LogP contribution in [0.25, 0.3) is 0 Å². The van der Waals surface area contributed by atoms with Crippen molar-refractivity contribution in [3.63, 3.8) is 0 Å². The third kappa shape index (κ3) is 3.71. The van der Waals surface area contributed by atoms with Crippen LogP contribution in [0, 0.1) is 0 Å².